The third kappa shape index (κ3) is 1.98. The minimum Gasteiger partial charge on any atom is -0.478 e. The van der Waals surface area contributed by atoms with Crippen molar-refractivity contribution < 1.29 is 15.0 Å². The zero-order valence-corrected chi connectivity index (χ0v) is 11.5. The number of carboxylic acid groups (broad SMARTS) is 1. The molecule has 0 bridgehead atoms. The van der Waals surface area contributed by atoms with Crippen LogP contribution in [0.4, 0.5) is 5.69 Å². The SMILES string of the molecule is NC1=Nc2ccc(Cl)cc2C1(O)c1ccc(C(=O)O)cc1. The van der Waals surface area contributed by atoms with Crippen molar-refractivity contribution in [3.63, 3.8) is 0 Å². The van der Waals surface area contributed by atoms with Gasteiger partial charge >= 0.3 is 5.97 Å². The molecule has 1 heterocycles. The molecule has 0 saturated heterocycles. The number of fused-ring (bicyclic) bond motifs is 1. The van der Waals surface area contributed by atoms with E-state index in [1.54, 1.807) is 18.2 Å². The number of nitrogens with zero attached hydrogens (tertiary/aromatic N) is 1. The van der Waals surface area contributed by atoms with Gasteiger partial charge in [0.05, 0.1) is 11.3 Å². The number of aliphatic imine (C=N–C) groups is 1. The molecule has 0 spiro atoms. The Morgan fingerprint density at radius 2 is 1.86 bits per heavy atom. The molecule has 5 nitrogen and oxygen atoms in total. The molecule has 21 heavy (non-hydrogen) atoms. The van der Waals surface area contributed by atoms with E-state index in [0.29, 0.717) is 21.8 Å². The van der Waals surface area contributed by atoms with Crippen LogP contribution >= 0.6 is 11.6 Å². The van der Waals surface area contributed by atoms with Crippen LogP contribution in [0, 0.1) is 0 Å². The summed E-state index contributed by atoms with van der Waals surface area (Å²) in [6, 6.07) is 10.8. The number of carboxylic acids is 1. The van der Waals surface area contributed by atoms with Crippen LogP contribution in [0.15, 0.2) is 47.5 Å². The first kappa shape index (κ1) is 13.6. The lowest BCUT2D eigenvalue weighted by molar-refractivity contribution is 0.0696. The first-order valence-corrected chi connectivity index (χ1v) is 6.51. The minimum absolute atomic E-state index is 0.0304. The van der Waals surface area contributed by atoms with Gasteiger partial charge in [0.15, 0.2) is 5.60 Å². The molecule has 2 aromatic carbocycles. The molecule has 0 radical (unpaired) electrons. The predicted octanol–water partition coefficient (Wildman–Crippen LogP) is 2.28. The minimum atomic E-state index is -1.60. The van der Waals surface area contributed by atoms with Gasteiger partial charge in [-0.2, -0.15) is 0 Å². The summed E-state index contributed by atoms with van der Waals surface area (Å²) in [5.41, 5.74) is 5.88. The molecule has 106 valence electrons. The second-order valence-electron chi connectivity index (χ2n) is 4.75. The maximum absolute atomic E-state index is 11.0. The topological polar surface area (TPSA) is 95.9 Å². The van der Waals surface area contributed by atoms with Crippen LogP contribution in [-0.4, -0.2) is 22.0 Å². The van der Waals surface area contributed by atoms with Gasteiger partial charge in [0.2, 0.25) is 0 Å². The number of amidine groups is 1. The number of nitrogens with two attached hydrogens (primary N) is 1. The van der Waals surface area contributed by atoms with Crippen molar-refractivity contribution in [2.24, 2.45) is 10.7 Å². The van der Waals surface area contributed by atoms with Crippen LogP contribution in [0.3, 0.4) is 0 Å². The molecule has 6 heteroatoms. The summed E-state index contributed by atoms with van der Waals surface area (Å²) in [5.74, 6) is -1.01. The predicted molar refractivity (Wildman–Crippen MR) is 79.1 cm³/mol. The summed E-state index contributed by atoms with van der Waals surface area (Å²) in [6.07, 6.45) is 0. The molecule has 0 aliphatic carbocycles. The number of aliphatic hydroxyl groups is 1. The fraction of sp³-hybridized carbons (Fsp3) is 0.0667. The van der Waals surface area contributed by atoms with Crippen molar-refractivity contribution in [2.45, 2.75) is 5.60 Å². The highest BCUT2D eigenvalue weighted by atomic mass is 35.5. The van der Waals surface area contributed by atoms with E-state index in [1.165, 1.54) is 24.3 Å². The molecule has 0 saturated carbocycles. The smallest absolute Gasteiger partial charge is 0.335 e. The molecular weight excluding hydrogens is 292 g/mol. The van der Waals surface area contributed by atoms with E-state index in [9.17, 15) is 9.90 Å². The zero-order chi connectivity index (χ0) is 15.2. The second-order valence-corrected chi connectivity index (χ2v) is 5.19. The summed E-state index contributed by atoms with van der Waals surface area (Å²) in [4.78, 5) is 15.0. The van der Waals surface area contributed by atoms with Gasteiger partial charge in [-0.05, 0) is 35.9 Å². The highest BCUT2D eigenvalue weighted by molar-refractivity contribution is 6.30. The van der Waals surface area contributed by atoms with Gasteiger partial charge in [0.1, 0.15) is 5.84 Å². The van der Waals surface area contributed by atoms with Crippen molar-refractivity contribution >= 4 is 29.1 Å². The first-order valence-electron chi connectivity index (χ1n) is 6.14. The summed E-state index contributed by atoms with van der Waals surface area (Å²) in [7, 11) is 0. The van der Waals surface area contributed by atoms with Gasteiger partial charge in [-0.15, -0.1) is 0 Å². The molecule has 0 fully saturated rings. The average Bonchev–Trinajstić information content (AvgIpc) is 2.72. The Balaban J connectivity index is 2.15. The number of rotatable bonds is 2. The van der Waals surface area contributed by atoms with Crippen LogP contribution in [0.25, 0.3) is 0 Å². The highest BCUT2D eigenvalue weighted by Crippen LogP contribution is 2.42. The van der Waals surface area contributed by atoms with Crippen LogP contribution in [0.1, 0.15) is 21.5 Å². The van der Waals surface area contributed by atoms with Gasteiger partial charge in [0.25, 0.3) is 0 Å². The molecule has 0 amide bonds. The van der Waals surface area contributed by atoms with E-state index in [1.807, 2.05) is 0 Å². The molecule has 4 N–H and O–H groups in total. The summed E-state index contributed by atoms with van der Waals surface area (Å²) >= 11 is 5.97. The number of aromatic carboxylic acids is 1. The van der Waals surface area contributed by atoms with Crippen molar-refractivity contribution in [3.8, 4) is 0 Å². The van der Waals surface area contributed by atoms with E-state index >= 15 is 0 Å². The summed E-state index contributed by atoms with van der Waals surface area (Å²) in [6.45, 7) is 0. The van der Waals surface area contributed by atoms with Crippen molar-refractivity contribution in [1.82, 2.24) is 0 Å². The molecule has 3 rings (SSSR count). The molecule has 1 atom stereocenters. The quantitative estimate of drug-likeness (QED) is 0.793. The number of hydrogen-bond acceptors (Lipinski definition) is 4. The molecule has 0 aromatic heterocycles. The largest absolute Gasteiger partial charge is 0.478 e. The van der Waals surface area contributed by atoms with E-state index in [2.05, 4.69) is 4.99 Å². The molecule has 1 aliphatic heterocycles. The number of hydrogen-bond donors (Lipinski definition) is 3. The Morgan fingerprint density at radius 1 is 1.19 bits per heavy atom. The number of carbonyl (C=O) groups is 1. The molecular formula is C15H11ClN2O3. The standard InChI is InChI=1S/C15H11ClN2O3/c16-10-5-6-12-11(7-10)15(21,14(17)18-12)9-3-1-8(2-4-9)13(19)20/h1-7,21H,(H2,17,18)(H,19,20). The number of halogens is 1. The van der Waals surface area contributed by atoms with E-state index in [0.717, 1.165) is 0 Å². The second kappa shape index (κ2) is 4.58. The lowest BCUT2D eigenvalue weighted by Crippen LogP contribution is -2.39. The Kier molecular flexibility index (Phi) is 2.97. The molecule has 2 aromatic rings. The Labute approximate surface area is 125 Å². The zero-order valence-electron chi connectivity index (χ0n) is 10.7. The normalized spacial score (nSPS) is 20.0. The summed E-state index contributed by atoms with van der Waals surface area (Å²) in [5, 5.41) is 20.4. The van der Waals surface area contributed by atoms with E-state index < -0.39 is 11.6 Å². The van der Waals surface area contributed by atoms with Crippen molar-refractivity contribution in [1.29, 1.82) is 0 Å². The lowest BCUT2D eigenvalue weighted by atomic mass is 9.86. The van der Waals surface area contributed by atoms with Crippen molar-refractivity contribution in [2.75, 3.05) is 0 Å². The van der Waals surface area contributed by atoms with Gasteiger partial charge in [-0.1, -0.05) is 23.7 Å². The Bertz CT molecular complexity index is 771. The maximum Gasteiger partial charge on any atom is 0.335 e. The first-order chi connectivity index (χ1) is 9.92. The van der Waals surface area contributed by atoms with Crippen LogP contribution in [0.2, 0.25) is 5.02 Å². The van der Waals surface area contributed by atoms with Gasteiger partial charge in [-0.3, -0.25) is 0 Å². The molecule has 1 aliphatic rings. The third-order valence-electron chi connectivity index (χ3n) is 3.51. The van der Waals surface area contributed by atoms with E-state index in [-0.39, 0.29) is 11.4 Å². The van der Waals surface area contributed by atoms with Crippen molar-refractivity contribution in [3.05, 3.63) is 64.2 Å². The van der Waals surface area contributed by atoms with Gasteiger partial charge < -0.3 is 15.9 Å². The van der Waals surface area contributed by atoms with Crippen LogP contribution in [-0.2, 0) is 5.60 Å². The lowest BCUT2D eigenvalue weighted by Gasteiger charge is -2.24. The van der Waals surface area contributed by atoms with Gasteiger partial charge in [-0.25, -0.2) is 9.79 Å². The third-order valence-corrected chi connectivity index (χ3v) is 3.74. The van der Waals surface area contributed by atoms with Gasteiger partial charge in [0, 0.05) is 10.6 Å². The fourth-order valence-corrected chi connectivity index (χ4v) is 2.57. The fourth-order valence-electron chi connectivity index (χ4n) is 2.40. The number of benzene rings is 2. The Morgan fingerprint density at radius 3 is 2.48 bits per heavy atom. The average molecular weight is 303 g/mol. The Hall–Kier alpha value is -2.37. The highest BCUT2D eigenvalue weighted by Gasteiger charge is 2.42. The van der Waals surface area contributed by atoms with Crippen LogP contribution in [0.5, 0.6) is 0 Å². The van der Waals surface area contributed by atoms with Crippen LogP contribution < -0.4 is 5.73 Å². The maximum atomic E-state index is 11.0. The van der Waals surface area contributed by atoms with E-state index in [4.69, 9.17) is 22.4 Å². The summed E-state index contributed by atoms with van der Waals surface area (Å²) < 4.78 is 0. The monoisotopic (exact) mass is 302 g/mol. The molecule has 1 unspecified atom stereocenters.